The fourth-order valence-corrected chi connectivity index (χ4v) is 2.67. The lowest BCUT2D eigenvalue weighted by Crippen LogP contribution is -2.13. The maximum atomic E-state index is 12.0. The van der Waals surface area contributed by atoms with Crippen molar-refractivity contribution in [2.24, 2.45) is 9.98 Å². The Balaban J connectivity index is 2.06. The number of hydrogen-bond donors (Lipinski definition) is 0. The molecule has 1 aliphatic heterocycles. The van der Waals surface area contributed by atoms with Gasteiger partial charge in [-0.2, -0.15) is 0 Å². The third kappa shape index (κ3) is 2.46. The van der Waals surface area contributed by atoms with Crippen LogP contribution in [0.1, 0.15) is 12.5 Å². The monoisotopic (exact) mass is 272 g/mol. The first-order valence-corrected chi connectivity index (χ1v) is 7.00. The average Bonchev–Trinajstić information content (AvgIpc) is 2.90. The Hall–Kier alpha value is -1.88. The average molecular weight is 272 g/mol. The molecular weight excluding hydrogens is 260 g/mol. The molecule has 0 fully saturated rings. The Morgan fingerprint density at radius 3 is 3.11 bits per heavy atom. The van der Waals surface area contributed by atoms with Crippen molar-refractivity contribution in [2.45, 2.75) is 12.4 Å². The van der Waals surface area contributed by atoms with E-state index in [-0.39, 0.29) is 11.1 Å². The topological polar surface area (TPSA) is 54.9 Å². The molecule has 0 N–H and O–H groups in total. The number of para-hydroxylation sites is 1. The summed E-state index contributed by atoms with van der Waals surface area (Å²) in [5.74, 6) is 0.869. The molecule has 0 spiro atoms. The Bertz CT molecular complexity index is 734. The minimum atomic E-state index is -0.355. The molecule has 1 aliphatic rings. The van der Waals surface area contributed by atoms with Crippen LogP contribution in [0.2, 0.25) is 0 Å². The van der Waals surface area contributed by atoms with Crippen LogP contribution in [0.25, 0.3) is 11.0 Å². The summed E-state index contributed by atoms with van der Waals surface area (Å²) in [6.07, 6.45) is 1.84. The second-order valence-corrected chi connectivity index (χ2v) is 5.28. The van der Waals surface area contributed by atoms with E-state index in [0.29, 0.717) is 16.9 Å². The summed E-state index contributed by atoms with van der Waals surface area (Å²) < 4.78 is 5.30. The summed E-state index contributed by atoms with van der Waals surface area (Å²) in [7, 11) is 0. The summed E-state index contributed by atoms with van der Waals surface area (Å²) in [6, 6.07) is 9.27. The first kappa shape index (κ1) is 12.2. The lowest BCUT2D eigenvalue weighted by molar-refractivity contribution is 0.559. The van der Waals surface area contributed by atoms with E-state index in [1.807, 2.05) is 37.4 Å². The third-order valence-corrected chi connectivity index (χ3v) is 3.75. The Morgan fingerprint density at radius 2 is 2.32 bits per heavy atom. The van der Waals surface area contributed by atoms with Gasteiger partial charge in [-0.15, -0.1) is 11.8 Å². The Kier molecular flexibility index (Phi) is 3.21. The smallest absolute Gasteiger partial charge is 0.345 e. The zero-order chi connectivity index (χ0) is 13.2. The second kappa shape index (κ2) is 5.01. The summed E-state index contributed by atoms with van der Waals surface area (Å²) in [4.78, 5) is 20.6. The van der Waals surface area contributed by atoms with Crippen LogP contribution in [0, 0.1) is 0 Å². The van der Waals surface area contributed by atoms with Gasteiger partial charge in [-0.05, 0) is 19.1 Å². The Morgan fingerprint density at radius 1 is 1.47 bits per heavy atom. The van der Waals surface area contributed by atoms with Crippen LogP contribution in [0.5, 0.6) is 0 Å². The van der Waals surface area contributed by atoms with E-state index in [4.69, 9.17) is 4.42 Å². The van der Waals surface area contributed by atoms with Crippen molar-refractivity contribution >= 4 is 34.7 Å². The minimum absolute atomic E-state index is 0.133. The minimum Gasteiger partial charge on any atom is -0.422 e. The molecule has 5 heteroatoms. The third-order valence-electron chi connectivity index (χ3n) is 2.89. The first-order valence-electron chi connectivity index (χ1n) is 5.95. The fraction of sp³-hybridized carbons (Fsp3) is 0.214. The zero-order valence-corrected chi connectivity index (χ0v) is 11.2. The molecule has 0 saturated heterocycles. The van der Waals surface area contributed by atoms with Gasteiger partial charge >= 0.3 is 5.63 Å². The first-order chi connectivity index (χ1) is 9.24. The lowest BCUT2D eigenvalue weighted by Gasteiger charge is -2.04. The van der Waals surface area contributed by atoms with Crippen LogP contribution < -0.4 is 5.63 Å². The quantitative estimate of drug-likeness (QED) is 0.624. The molecule has 19 heavy (non-hydrogen) atoms. The van der Waals surface area contributed by atoms with E-state index in [1.165, 1.54) is 0 Å². The van der Waals surface area contributed by atoms with E-state index in [2.05, 4.69) is 9.98 Å². The van der Waals surface area contributed by atoms with Crippen molar-refractivity contribution in [3.8, 4) is 0 Å². The largest absolute Gasteiger partial charge is 0.422 e. The van der Waals surface area contributed by atoms with E-state index < -0.39 is 0 Å². The van der Waals surface area contributed by atoms with E-state index in [9.17, 15) is 4.79 Å². The molecule has 2 aromatic rings. The highest BCUT2D eigenvalue weighted by Crippen LogP contribution is 2.19. The van der Waals surface area contributed by atoms with Crippen LogP contribution >= 0.6 is 11.8 Å². The van der Waals surface area contributed by atoms with Crippen LogP contribution in [0.4, 0.5) is 0 Å². The fourth-order valence-electron chi connectivity index (χ4n) is 1.93. The van der Waals surface area contributed by atoms with Crippen LogP contribution in [-0.2, 0) is 0 Å². The normalized spacial score (nSPS) is 19.2. The number of aliphatic imine (C=N–C) groups is 2. The number of fused-ring (bicyclic) bond motifs is 1. The molecule has 2 heterocycles. The number of rotatable bonds is 2. The van der Waals surface area contributed by atoms with Crippen molar-refractivity contribution in [3.05, 3.63) is 46.3 Å². The summed E-state index contributed by atoms with van der Waals surface area (Å²) in [5.41, 5.74) is 1.27. The lowest BCUT2D eigenvalue weighted by atomic mass is 10.1. The SMILES string of the molecule is CC(=N[C@@H]1N=CCS1)c1cc2ccccc2oc1=O. The summed E-state index contributed by atoms with van der Waals surface area (Å²) in [6.45, 7) is 1.81. The van der Waals surface area contributed by atoms with E-state index in [0.717, 1.165) is 11.1 Å². The van der Waals surface area contributed by atoms with E-state index in [1.54, 1.807) is 17.8 Å². The molecule has 0 bridgehead atoms. The molecule has 4 nitrogen and oxygen atoms in total. The number of thioether (sulfide) groups is 1. The van der Waals surface area contributed by atoms with Crippen LogP contribution in [-0.4, -0.2) is 23.2 Å². The van der Waals surface area contributed by atoms with Crippen molar-refractivity contribution in [2.75, 3.05) is 5.75 Å². The molecule has 3 rings (SSSR count). The maximum Gasteiger partial charge on any atom is 0.345 e. The number of nitrogens with zero attached hydrogens (tertiary/aromatic N) is 2. The van der Waals surface area contributed by atoms with Gasteiger partial charge in [-0.25, -0.2) is 4.79 Å². The van der Waals surface area contributed by atoms with Gasteiger partial charge in [0.15, 0.2) is 5.50 Å². The molecule has 0 aliphatic carbocycles. The van der Waals surface area contributed by atoms with Gasteiger partial charge in [0.25, 0.3) is 0 Å². The highest BCUT2D eigenvalue weighted by Gasteiger charge is 2.12. The highest BCUT2D eigenvalue weighted by atomic mass is 32.2. The van der Waals surface area contributed by atoms with Crippen molar-refractivity contribution in [1.29, 1.82) is 0 Å². The molecule has 0 radical (unpaired) electrons. The van der Waals surface area contributed by atoms with Crippen molar-refractivity contribution in [1.82, 2.24) is 0 Å². The molecule has 0 amide bonds. The van der Waals surface area contributed by atoms with Gasteiger partial charge in [0.2, 0.25) is 0 Å². The zero-order valence-electron chi connectivity index (χ0n) is 10.4. The molecule has 96 valence electrons. The highest BCUT2D eigenvalue weighted by molar-refractivity contribution is 8.00. The van der Waals surface area contributed by atoms with E-state index >= 15 is 0 Å². The summed E-state index contributed by atoms with van der Waals surface area (Å²) >= 11 is 1.63. The molecule has 1 aromatic carbocycles. The van der Waals surface area contributed by atoms with Crippen LogP contribution in [0.15, 0.2) is 49.5 Å². The predicted molar refractivity (Wildman–Crippen MR) is 79.4 cm³/mol. The molecule has 1 atom stereocenters. The Labute approximate surface area is 114 Å². The molecule has 0 unspecified atom stereocenters. The van der Waals surface area contributed by atoms with Gasteiger partial charge in [-0.1, -0.05) is 18.2 Å². The predicted octanol–water partition coefficient (Wildman–Crippen LogP) is 2.70. The molecular formula is C14H12N2O2S. The molecule has 1 aromatic heterocycles. The number of benzene rings is 1. The summed E-state index contributed by atoms with van der Waals surface area (Å²) in [5, 5.41) is 0.897. The van der Waals surface area contributed by atoms with Gasteiger partial charge < -0.3 is 4.42 Å². The van der Waals surface area contributed by atoms with Gasteiger partial charge in [0.1, 0.15) is 5.58 Å². The second-order valence-electron chi connectivity index (χ2n) is 4.19. The number of hydrogen-bond acceptors (Lipinski definition) is 5. The van der Waals surface area contributed by atoms with Crippen LogP contribution in [0.3, 0.4) is 0 Å². The standard InChI is InChI=1S/C14H12N2O2S/c1-9(16-14-15-6-7-19-14)11-8-10-4-2-3-5-12(10)18-13(11)17/h2-6,8,14H,7H2,1H3/t14-/m0/s1. The molecule has 0 saturated carbocycles. The van der Waals surface area contributed by atoms with Gasteiger partial charge in [-0.3, -0.25) is 9.98 Å². The van der Waals surface area contributed by atoms with Gasteiger partial charge in [0.05, 0.1) is 5.56 Å². The van der Waals surface area contributed by atoms with Crippen molar-refractivity contribution < 1.29 is 4.42 Å². The van der Waals surface area contributed by atoms with Crippen molar-refractivity contribution in [3.63, 3.8) is 0 Å². The van der Waals surface area contributed by atoms with Gasteiger partial charge in [0, 0.05) is 23.1 Å². The maximum absolute atomic E-state index is 12.0.